The van der Waals surface area contributed by atoms with Crippen molar-refractivity contribution in [1.29, 1.82) is 0 Å². The van der Waals surface area contributed by atoms with E-state index in [1.165, 1.54) is 0 Å². The first-order valence-electron chi connectivity index (χ1n) is 10.6. The summed E-state index contributed by atoms with van der Waals surface area (Å²) in [6.45, 7) is 10.8. The number of benzene rings is 2. The summed E-state index contributed by atoms with van der Waals surface area (Å²) in [5.74, 6) is 0.400. The topological polar surface area (TPSA) is 32.3 Å². The summed E-state index contributed by atoms with van der Waals surface area (Å²) in [6.07, 6.45) is 4.00. The summed E-state index contributed by atoms with van der Waals surface area (Å²) >= 11 is 12.5. The first kappa shape index (κ1) is 22.0. The van der Waals surface area contributed by atoms with E-state index in [1.54, 1.807) is 0 Å². The van der Waals surface area contributed by atoms with Crippen LogP contribution in [0.5, 0.6) is 0 Å². The Morgan fingerprint density at radius 2 is 1.65 bits per heavy atom. The van der Waals surface area contributed by atoms with Crippen LogP contribution in [-0.4, -0.2) is 5.91 Å². The molecule has 0 aromatic heterocycles. The lowest BCUT2D eigenvalue weighted by atomic mass is 9.72. The van der Waals surface area contributed by atoms with Crippen molar-refractivity contribution in [3.8, 4) is 0 Å². The average Bonchev–Trinajstić information content (AvgIpc) is 2.97. The maximum absolute atomic E-state index is 13.8. The fourth-order valence-corrected chi connectivity index (χ4v) is 4.67. The van der Waals surface area contributed by atoms with E-state index in [9.17, 15) is 4.79 Å². The van der Waals surface area contributed by atoms with Gasteiger partial charge in [0.2, 0.25) is 0 Å². The van der Waals surface area contributed by atoms with Crippen LogP contribution in [0.3, 0.4) is 0 Å². The molecule has 5 heteroatoms. The molecule has 1 N–H and O–H groups in total. The number of fused-ring (bicyclic) bond motifs is 1. The molecule has 2 aromatic carbocycles. The zero-order valence-corrected chi connectivity index (χ0v) is 20.2. The van der Waals surface area contributed by atoms with Crippen molar-refractivity contribution in [1.82, 2.24) is 0 Å². The minimum Gasteiger partial charge on any atom is -0.350 e. The molecule has 2 aliphatic rings. The van der Waals surface area contributed by atoms with E-state index in [0.717, 1.165) is 46.6 Å². The lowest BCUT2D eigenvalue weighted by molar-refractivity contribution is -0.114. The zero-order valence-electron chi connectivity index (χ0n) is 18.6. The van der Waals surface area contributed by atoms with Crippen LogP contribution in [0.25, 0.3) is 0 Å². The number of hydrogen-bond donors (Lipinski definition) is 1. The Kier molecular flexibility index (Phi) is 5.70. The van der Waals surface area contributed by atoms with E-state index < -0.39 is 0 Å². The average molecular weight is 455 g/mol. The Bertz CT molecular complexity index is 1120. The highest BCUT2D eigenvalue weighted by atomic mass is 35.5. The van der Waals surface area contributed by atoms with Gasteiger partial charge in [0, 0.05) is 21.3 Å². The third kappa shape index (κ3) is 4.14. The monoisotopic (exact) mass is 454 g/mol. The molecule has 1 aliphatic heterocycles. The lowest BCUT2D eigenvalue weighted by Gasteiger charge is -2.34. The predicted molar refractivity (Wildman–Crippen MR) is 131 cm³/mol. The van der Waals surface area contributed by atoms with E-state index in [2.05, 4.69) is 32.2 Å². The first-order valence-corrected chi connectivity index (χ1v) is 11.4. The molecule has 1 amide bonds. The molecule has 4 rings (SSSR count). The van der Waals surface area contributed by atoms with Gasteiger partial charge in [-0.15, -0.1) is 0 Å². The third-order valence-corrected chi connectivity index (χ3v) is 6.88. The number of hydrogen-bond acceptors (Lipinski definition) is 2. The molecule has 31 heavy (non-hydrogen) atoms. The molecular weight excluding hydrogens is 427 g/mol. The molecule has 1 heterocycles. The van der Waals surface area contributed by atoms with Crippen molar-refractivity contribution in [2.24, 2.45) is 11.3 Å². The van der Waals surface area contributed by atoms with Gasteiger partial charge < -0.3 is 5.32 Å². The zero-order chi connectivity index (χ0) is 22.5. The van der Waals surface area contributed by atoms with Crippen LogP contribution >= 0.6 is 23.2 Å². The van der Waals surface area contributed by atoms with Crippen molar-refractivity contribution in [2.75, 3.05) is 10.2 Å². The number of anilines is 2. The van der Waals surface area contributed by atoms with Crippen LogP contribution in [0.2, 0.25) is 10.0 Å². The Morgan fingerprint density at radius 1 is 1.00 bits per heavy atom. The second-order valence-corrected chi connectivity index (χ2v) is 10.5. The SMILES string of the molecule is Cc1ccc(Cl)cc1NC1=C2C[C@H](C(C)(C)C)CC=C2N(c2cc(Cl)ccc2C)C1=O. The van der Waals surface area contributed by atoms with Gasteiger partial charge in [-0.2, -0.15) is 0 Å². The predicted octanol–water partition coefficient (Wildman–Crippen LogP) is 7.66. The molecular formula is C26H28Cl2N2O. The molecule has 3 nitrogen and oxygen atoms in total. The minimum atomic E-state index is -0.0550. The Labute approximate surface area is 194 Å². The van der Waals surface area contributed by atoms with E-state index in [4.69, 9.17) is 23.2 Å². The summed E-state index contributed by atoms with van der Waals surface area (Å²) < 4.78 is 0. The number of carbonyl (C=O) groups excluding carboxylic acids is 1. The fourth-order valence-electron chi connectivity index (χ4n) is 4.33. The molecule has 0 radical (unpaired) electrons. The highest BCUT2D eigenvalue weighted by Crippen LogP contribution is 2.47. The molecule has 0 bridgehead atoms. The molecule has 0 fully saturated rings. The van der Waals surface area contributed by atoms with Gasteiger partial charge in [0.15, 0.2) is 0 Å². The van der Waals surface area contributed by atoms with Gasteiger partial charge in [-0.05, 0) is 73.4 Å². The molecule has 0 unspecified atom stereocenters. The number of nitrogens with one attached hydrogen (secondary N) is 1. The van der Waals surface area contributed by atoms with E-state index >= 15 is 0 Å². The first-order chi connectivity index (χ1) is 14.6. The lowest BCUT2D eigenvalue weighted by Crippen LogP contribution is -2.29. The smallest absolute Gasteiger partial charge is 0.279 e. The Morgan fingerprint density at radius 3 is 2.32 bits per heavy atom. The van der Waals surface area contributed by atoms with Crippen LogP contribution in [0.15, 0.2) is 59.4 Å². The Balaban J connectivity index is 1.84. The number of aryl methyl sites for hydroxylation is 2. The van der Waals surface area contributed by atoms with Crippen LogP contribution in [0.4, 0.5) is 11.4 Å². The van der Waals surface area contributed by atoms with Crippen molar-refractivity contribution < 1.29 is 4.79 Å². The highest BCUT2D eigenvalue weighted by Gasteiger charge is 2.41. The third-order valence-electron chi connectivity index (χ3n) is 6.41. The molecule has 1 atom stereocenters. The maximum Gasteiger partial charge on any atom is 0.279 e. The number of amides is 1. The fraction of sp³-hybridized carbons (Fsp3) is 0.346. The second kappa shape index (κ2) is 8.03. The van der Waals surface area contributed by atoms with Crippen LogP contribution in [0, 0.1) is 25.2 Å². The van der Waals surface area contributed by atoms with Gasteiger partial charge in [0.1, 0.15) is 5.70 Å². The van der Waals surface area contributed by atoms with E-state index in [-0.39, 0.29) is 11.3 Å². The number of rotatable bonds is 3. The van der Waals surface area contributed by atoms with E-state index in [0.29, 0.717) is 21.7 Å². The summed E-state index contributed by atoms with van der Waals surface area (Å²) in [4.78, 5) is 15.6. The standard InChI is InChI=1S/C26H28Cl2N2O/c1-15-6-9-18(27)13-21(15)29-24-20-12-17(26(3,4)5)8-11-22(20)30(25(24)31)23-14-19(28)10-7-16(23)2/h6-7,9-11,13-14,17,29H,8,12H2,1-5H3/t17-/m1/s1. The molecule has 0 saturated heterocycles. The number of nitrogens with zero attached hydrogens (tertiary/aromatic N) is 1. The van der Waals surface area contributed by atoms with Crippen molar-refractivity contribution >= 4 is 40.5 Å². The number of allylic oxidation sites excluding steroid dienone is 2. The van der Waals surface area contributed by atoms with Crippen molar-refractivity contribution in [3.63, 3.8) is 0 Å². The van der Waals surface area contributed by atoms with Gasteiger partial charge in [-0.3, -0.25) is 9.69 Å². The summed E-state index contributed by atoms with van der Waals surface area (Å²) in [7, 11) is 0. The molecule has 0 saturated carbocycles. The molecule has 162 valence electrons. The molecule has 0 spiro atoms. The van der Waals surface area contributed by atoms with Crippen molar-refractivity contribution in [2.45, 2.75) is 47.5 Å². The van der Waals surface area contributed by atoms with E-state index in [1.807, 2.05) is 55.1 Å². The number of carbonyl (C=O) groups is 1. The summed E-state index contributed by atoms with van der Waals surface area (Å²) in [6, 6.07) is 11.4. The molecule has 1 aliphatic carbocycles. The van der Waals surface area contributed by atoms with Gasteiger partial charge in [0.05, 0.1) is 11.4 Å². The van der Waals surface area contributed by atoms with Crippen LogP contribution in [-0.2, 0) is 4.79 Å². The minimum absolute atomic E-state index is 0.0550. The largest absolute Gasteiger partial charge is 0.350 e. The highest BCUT2D eigenvalue weighted by molar-refractivity contribution is 6.31. The van der Waals surface area contributed by atoms with Crippen LogP contribution < -0.4 is 10.2 Å². The number of halogens is 2. The van der Waals surface area contributed by atoms with Gasteiger partial charge in [-0.1, -0.05) is 62.2 Å². The quantitative estimate of drug-likeness (QED) is 0.515. The normalized spacial score (nSPS) is 18.9. The van der Waals surface area contributed by atoms with Crippen LogP contribution in [0.1, 0.15) is 44.7 Å². The second-order valence-electron chi connectivity index (χ2n) is 9.60. The van der Waals surface area contributed by atoms with Crippen molar-refractivity contribution in [3.05, 3.63) is 80.6 Å². The summed E-state index contributed by atoms with van der Waals surface area (Å²) in [5, 5.41) is 4.69. The Hall–Kier alpha value is -2.23. The van der Waals surface area contributed by atoms with Gasteiger partial charge in [0.25, 0.3) is 5.91 Å². The van der Waals surface area contributed by atoms with Gasteiger partial charge >= 0.3 is 0 Å². The summed E-state index contributed by atoms with van der Waals surface area (Å²) in [5.41, 5.74) is 6.54. The maximum atomic E-state index is 13.8. The van der Waals surface area contributed by atoms with Gasteiger partial charge in [-0.25, -0.2) is 0 Å². The molecule has 2 aromatic rings.